The molecule has 1 aromatic heterocycles. The molecule has 0 fully saturated rings. The number of amides is 2. The van der Waals surface area contributed by atoms with Gasteiger partial charge < -0.3 is 19.5 Å². The van der Waals surface area contributed by atoms with Crippen LogP contribution in [-0.2, 0) is 22.6 Å². The fourth-order valence-corrected chi connectivity index (χ4v) is 4.41. The lowest BCUT2D eigenvalue weighted by molar-refractivity contribution is -0.133. The van der Waals surface area contributed by atoms with Crippen LogP contribution in [0.4, 0.5) is 0 Å². The third kappa shape index (κ3) is 4.67. The molecule has 0 saturated heterocycles. The van der Waals surface area contributed by atoms with Gasteiger partial charge in [-0.3, -0.25) is 9.59 Å². The largest absolute Gasteiger partial charge is 0.379 e. The number of aromatic nitrogens is 1. The van der Waals surface area contributed by atoms with E-state index in [-0.39, 0.29) is 17.9 Å². The Bertz CT molecular complexity index is 1150. The van der Waals surface area contributed by atoms with Crippen molar-refractivity contribution in [1.29, 1.82) is 0 Å². The van der Waals surface area contributed by atoms with Gasteiger partial charge in [0.05, 0.1) is 12.6 Å². The zero-order valence-electron chi connectivity index (χ0n) is 19.9. The fraction of sp³-hybridized carbons (Fsp3) is 0.407. The lowest BCUT2D eigenvalue weighted by atomic mass is 9.93. The van der Waals surface area contributed by atoms with E-state index in [9.17, 15) is 9.59 Å². The summed E-state index contributed by atoms with van der Waals surface area (Å²) in [6.45, 7) is 9.78. The van der Waals surface area contributed by atoms with Crippen molar-refractivity contribution in [2.75, 3.05) is 13.2 Å². The van der Waals surface area contributed by atoms with Crippen molar-refractivity contribution in [2.45, 2.75) is 58.8 Å². The monoisotopic (exact) mass is 447 g/mol. The Kier molecular flexibility index (Phi) is 6.56. The quantitative estimate of drug-likeness (QED) is 0.524. The summed E-state index contributed by atoms with van der Waals surface area (Å²) in [7, 11) is 0. The SMILES string of the molecule is Cc1ccc(CN2C(=O)c3cc4ccccc4n3CC2(C)C(=O)NCCCOC(C)C)cc1. The van der Waals surface area contributed by atoms with Crippen LogP contribution in [-0.4, -0.2) is 46.1 Å². The molecule has 3 aromatic rings. The molecule has 1 unspecified atom stereocenters. The maximum atomic E-state index is 13.7. The van der Waals surface area contributed by atoms with Gasteiger partial charge in [0.2, 0.25) is 5.91 Å². The molecule has 1 N–H and O–H groups in total. The maximum Gasteiger partial charge on any atom is 0.271 e. The Morgan fingerprint density at radius 2 is 1.88 bits per heavy atom. The summed E-state index contributed by atoms with van der Waals surface area (Å²) >= 11 is 0. The second-order valence-electron chi connectivity index (χ2n) is 9.35. The number of ether oxygens (including phenoxy) is 1. The minimum absolute atomic E-state index is 0.126. The number of hydrogen-bond donors (Lipinski definition) is 1. The zero-order valence-corrected chi connectivity index (χ0v) is 19.9. The van der Waals surface area contributed by atoms with E-state index in [0.717, 1.165) is 28.5 Å². The third-order valence-corrected chi connectivity index (χ3v) is 6.34. The molecule has 33 heavy (non-hydrogen) atoms. The van der Waals surface area contributed by atoms with Crippen LogP contribution in [0.3, 0.4) is 0 Å². The first-order chi connectivity index (χ1) is 15.8. The molecule has 0 radical (unpaired) electrons. The molecule has 6 heteroatoms. The van der Waals surface area contributed by atoms with Crippen molar-refractivity contribution < 1.29 is 14.3 Å². The van der Waals surface area contributed by atoms with Gasteiger partial charge >= 0.3 is 0 Å². The molecule has 6 nitrogen and oxygen atoms in total. The van der Waals surface area contributed by atoms with Crippen LogP contribution >= 0.6 is 0 Å². The average molecular weight is 448 g/mol. The molecule has 1 aliphatic heterocycles. The van der Waals surface area contributed by atoms with Crippen molar-refractivity contribution in [3.05, 3.63) is 71.4 Å². The van der Waals surface area contributed by atoms with E-state index in [4.69, 9.17) is 4.74 Å². The molecule has 0 aliphatic carbocycles. The second-order valence-corrected chi connectivity index (χ2v) is 9.35. The van der Waals surface area contributed by atoms with E-state index < -0.39 is 5.54 Å². The normalized spacial score (nSPS) is 18.1. The van der Waals surface area contributed by atoms with Gasteiger partial charge in [0.25, 0.3) is 5.91 Å². The van der Waals surface area contributed by atoms with Crippen molar-refractivity contribution in [3.63, 3.8) is 0 Å². The number of aryl methyl sites for hydroxylation is 1. The Hall–Kier alpha value is -3.12. The van der Waals surface area contributed by atoms with E-state index in [2.05, 4.69) is 5.32 Å². The zero-order chi connectivity index (χ0) is 23.6. The summed E-state index contributed by atoms with van der Waals surface area (Å²) in [5.74, 6) is -0.269. The van der Waals surface area contributed by atoms with Gasteiger partial charge in [-0.25, -0.2) is 0 Å². The average Bonchev–Trinajstić information content (AvgIpc) is 3.16. The van der Waals surface area contributed by atoms with Gasteiger partial charge in [-0.05, 0) is 51.8 Å². The minimum Gasteiger partial charge on any atom is -0.379 e. The highest BCUT2D eigenvalue weighted by atomic mass is 16.5. The van der Waals surface area contributed by atoms with Crippen LogP contribution in [0.25, 0.3) is 10.9 Å². The lowest BCUT2D eigenvalue weighted by Gasteiger charge is -2.44. The molecule has 1 aliphatic rings. The Labute approximate surface area is 195 Å². The van der Waals surface area contributed by atoms with Gasteiger partial charge in [-0.15, -0.1) is 0 Å². The first-order valence-corrected chi connectivity index (χ1v) is 11.7. The summed E-state index contributed by atoms with van der Waals surface area (Å²) in [5.41, 5.74) is 2.74. The highest BCUT2D eigenvalue weighted by Crippen LogP contribution is 2.33. The van der Waals surface area contributed by atoms with Crippen LogP contribution in [0.2, 0.25) is 0 Å². The first kappa shape index (κ1) is 23.1. The Balaban J connectivity index is 1.64. The smallest absolute Gasteiger partial charge is 0.271 e. The summed E-state index contributed by atoms with van der Waals surface area (Å²) in [5, 5.41) is 4.06. The standard InChI is InChI=1S/C27H33N3O3/c1-19(2)33-15-7-14-28-26(32)27(4)18-29-23-9-6-5-8-22(23)16-24(29)25(31)30(27)17-21-12-10-20(3)11-13-21/h5-6,8-13,16,19H,7,14-15,17-18H2,1-4H3,(H,28,32). The predicted molar refractivity (Wildman–Crippen MR) is 130 cm³/mol. The van der Waals surface area contributed by atoms with Crippen LogP contribution in [0, 0.1) is 6.92 Å². The number of nitrogens with one attached hydrogen (secondary N) is 1. The van der Waals surface area contributed by atoms with E-state index in [1.165, 1.54) is 0 Å². The highest BCUT2D eigenvalue weighted by molar-refractivity contribution is 6.03. The molecule has 1 atom stereocenters. The number of carbonyl (C=O) groups is 2. The number of nitrogens with zero attached hydrogens (tertiary/aromatic N) is 2. The summed E-state index contributed by atoms with van der Waals surface area (Å²) in [6.07, 6.45) is 0.892. The third-order valence-electron chi connectivity index (χ3n) is 6.34. The number of hydrogen-bond acceptors (Lipinski definition) is 3. The first-order valence-electron chi connectivity index (χ1n) is 11.7. The molecule has 2 amide bonds. The van der Waals surface area contributed by atoms with E-state index in [0.29, 0.717) is 31.9 Å². The van der Waals surface area contributed by atoms with Gasteiger partial charge in [-0.2, -0.15) is 0 Å². The predicted octanol–water partition coefficient (Wildman–Crippen LogP) is 4.30. The van der Waals surface area contributed by atoms with Crippen LogP contribution in [0.5, 0.6) is 0 Å². The number of carbonyl (C=O) groups excluding carboxylic acids is 2. The number of benzene rings is 2. The van der Waals surface area contributed by atoms with E-state index >= 15 is 0 Å². The molecule has 0 saturated carbocycles. The van der Waals surface area contributed by atoms with Gasteiger partial charge in [-0.1, -0.05) is 48.0 Å². The topological polar surface area (TPSA) is 63.6 Å². The highest BCUT2D eigenvalue weighted by Gasteiger charge is 2.47. The fourth-order valence-electron chi connectivity index (χ4n) is 4.41. The molecule has 4 rings (SSSR count). The van der Waals surface area contributed by atoms with Crippen LogP contribution in [0.1, 0.15) is 48.8 Å². The van der Waals surface area contributed by atoms with Gasteiger partial charge in [0, 0.05) is 30.6 Å². The summed E-state index contributed by atoms with van der Waals surface area (Å²) < 4.78 is 7.58. The molecular weight excluding hydrogens is 414 g/mol. The van der Waals surface area contributed by atoms with E-state index in [1.54, 1.807) is 4.90 Å². The molecule has 2 aromatic carbocycles. The molecule has 0 bridgehead atoms. The van der Waals surface area contributed by atoms with Crippen molar-refractivity contribution >= 4 is 22.7 Å². The minimum atomic E-state index is -1.02. The summed E-state index contributed by atoms with van der Waals surface area (Å²) in [4.78, 5) is 29.0. The van der Waals surface area contributed by atoms with Gasteiger partial charge in [0.1, 0.15) is 11.2 Å². The Morgan fingerprint density at radius 1 is 1.15 bits per heavy atom. The van der Waals surface area contributed by atoms with Crippen LogP contribution in [0.15, 0.2) is 54.6 Å². The van der Waals surface area contributed by atoms with Gasteiger partial charge in [0.15, 0.2) is 0 Å². The number of para-hydroxylation sites is 1. The maximum absolute atomic E-state index is 13.7. The number of fused-ring (bicyclic) bond motifs is 3. The molecule has 174 valence electrons. The van der Waals surface area contributed by atoms with Crippen molar-refractivity contribution in [1.82, 2.24) is 14.8 Å². The molecule has 2 heterocycles. The van der Waals surface area contributed by atoms with Crippen LogP contribution < -0.4 is 5.32 Å². The molecule has 0 spiro atoms. The molecular formula is C27H33N3O3. The second kappa shape index (κ2) is 9.40. The Morgan fingerprint density at radius 3 is 2.61 bits per heavy atom. The number of rotatable bonds is 8. The van der Waals surface area contributed by atoms with Crippen molar-refractivity contribution in [2.24, 2.45) is 0 Å². The lowest BCUT2D eigenvalue weighted by Crippen LogP contribution is -2.63. The van der Waals surface area contributed by atoms with E-state index in [1.807, 2.05) is 86.9 Å². The summed E-state index contributed by atoms with van der Waals surface area (Å²) in [6, 6.07) is 18.0. The van der Waals surface area contributed by atoms with Crippen molar-refractivity contribution in [3.8, 4) is 0 Å².